The molecule has 2 N–H and O–H groups in total. The average molecular weight is 326 g/mol. The number of benzene rings is 1. The first-order valence-corrected chi connectivity index (χ1v) is 8.12. The van der Waals surface area contributed by atoms with E-state index in [1.807, 2.05) is 0 Å². The highest BCUT2D eigenvalue weighted by molar-refractivity contribution is 7.92. The van der Waals surface area contributed by atoms with Crippen molar-refractivity contribution in [3.05, 3.63) is 53.3 Å². The number of nitrogens with one attached hydrogen (secondary N) is 2. The normalized spacial score (nSPS) is 11.0. The maximum atomic E-state index is 12.1. The number of amides is 1. The van der Waals surface area contributed by atoms with Gasteiger partial charge < -0.3 is 5.32 Å². The first kappa shape index (κ1) is 15.3. The van der Waals surface area contributed by atoms with Gasteiger partial charge in [0, 0.05) is 11.8 Å². The molecule has 0 atom stereocenters. The molecule has 0 unspecified atom stereocenters. The minimum atomic E-state index is -3.44. The Morgan fingerprint density at radius 2 is 1.86 bits per heavy atom. The Labute approximate surface area is 127 Å². The summed E-state index contributed by atoms with van der Waals surface area (Å²) in [4.78, 5) is 15.9. The molecule has 0 radical (unpaired) electrons. The molecule has 0 spiro atoms. The van der Waals surface area contributed by atoms with Gasteiger partial charge in [-0.1, -0.05) is 23.7 Å². The molecular weight excluding hydrogens is 314 g/mol. The molecule has 8 heteroatoms. The van der Waals surface area contributed by atoms with Crippen molar-refractivity contribution in [3.8, 4) is 0 Å². The van der Waals surface area contributed by atoms with E-state index >= 15 is 0 Å². The monoisotopic (exact) mass is 325 g/mol. The molecule has 0 bridgehead atoms. The fraction of sp³-hybridized carbons (Fsp3) is 0.0769. The lowest BCUT2D eigenvalue weighted by Crippen LogP contribution is -2.16. The molecule has 0 aliphatic carbocycles. The number of carbonyl (C=O) groups excluding carboxylic acids is 1. The third-order valence-electron chi connectivity index (χ3n) is 2.46. The van der Waals surface area contributed by atoms with Crippen LogP contribution in [0.25, 0.3) is 0 Å². The number of sulfonamides is 1. The summed E-state index contributed by atoms with van der Waals surface area (Å²) in [6, 6.07) is 9.41. The van der Waals surface area contributed by atoms with Gasteiger partial charge in [-0.05, 0) is 24.3 Å². The van der Waals surface area contributed by atoms with E-state index < -0.39 is 15.9 Å². The molecule has 21 heavy (non-hydrogen) atoms. The van der Waals surface area contributed by atoms with Crippen molar-refractivity contribution in [2.75, 3.05) is 16.3 Å². The fourth-order valence-electron chi connectivity index (χ4n) is 1.62. The van der Waals surface area contributed by atoms with Gasteiger partial charge in [-0.25, -0.2) is 13.4 Å². The standard InChI is InChI=1S/C13H12ClN3O3S/c1-21(19,20)17-11-5-3-2-4-10(11)16-13(18)9-6-7-15-12(14)8-9/h2-8,17H,1H3,(H,16,18). The van der Waals surface area contributed by atoms with Crippen LogP contribution in [-0.4, -0.2) is 25.6 Å². The van der Waals surface area contributed by atoms with Gasteiger partial charge >= 0.3 is 0 Å². The van der Waals surface area contributed by atoms with Crippen molar-refractivity contribution in [2.45, 2.75) is 0 Å². The van der Waals surface area contributed by atoms with Crippen molar-refractivity contribution in [2.24, 2.45) is 0 Å². The summed E-state index contributed by atoms with van der Waals surface area (Å²) in [5, 5.41) is 2.82. The van der Waals surface area contributed by atoms with Gasteiger partial charge in [0.25, 0.3) is 5.91 Å². The molecule has 0 aliphatic heterocycles. The zero-order chi connectivity index (χ0) is 15.5. The van der Waals surface area contributed by atoms with E-state index in [1.165, 1.54) is 18.3 Å². The SMILES string of the molecule is CS(=O)(=O)Nc1ccccc1NC(=O)c1ccnc(Cl)c1. The number of halogens is 1. The maximum absolute atomic E-state index is 12.1. The number of nitrogens with zero attached hydrogens (tertiary/aromatic N) is 1. The maximum Gasteiger partial charge on any atom is 0.255 e. The lowest BCUT2D eigenvalue weighted by Gasteiger charge is -2.11. The molecular formula is C13H12ClN3O3S. The summed E-state index contributed by atoms with van der Waals surface area (Å²) in [6.45, 7) is 0. The van der Waals surface area contributed by atoms with E-state index in [1.54, 1.807) is 24.3 Å². The lowest BCUT2D eigenvalue weighted by molar-refractivity contribution is 0.102. The number of rotatable bonds is 4. The molecule has 1 aromatic heterocycles. The zero-order valence-corrected chi connectivity index (χ0v) is 12.6. The van der Waals surface area contributed by atoms with Crippen LogP contribution in [0.2, 0.25) is 5.15 Å². The van der Waals surface area contributed by atoms with E-state index in [0.29, 0.717) is 11.3 Å². The number of pyridine rings is 1. The number of aromatic nitrogens is 1. The van der Waals surface area contributed by atoms with Crippen LogP contribution in [-0.2, 0) is 10.0 Å². The summed E-state index contributed by atoms with van der Waals surface area (Å²) >= 11 is 5.73. The number of para-hydroxylation sites is 2. The Morgan fingerprint density at radius 3 is 2.48 bits per heavy atom. The first-order valence-electron chi connectivity index (χ1n) is 5.85. The van der Waals surface area contributed by atoms with Gasteiger partial charge in [-0.2, -0.15) is 0 Å². The summed E-state index contributed by atoms with van der Waals surface area (Å²) in [5.41, 5.74) is 0.957. The number of hydrogen-bond acceptors (Lipinski definition) is 4. The average Bonchev–Trinajstić information content (AvgIpc) is 2.39. The Hall–Kier alpha value is -2.12. The van der Waals surface area contributed by atoms with Crippen molar-refractivity contribution in [3.63, 3.8) is 0 Å². The second kappa shape index (κ2) is 6.11. The highest BCUT2D eigenvalue weighted by Crippen LogP contribution is 2.22. The zero-order valence-electron chi connectivity index (χ0n) is 11.0. The second-order valence-corrected chi connectivity index (χ2v) is 6.38. The van der Waals surface area contributed by atoms with Crippen LogP contribution >= 0.6 is 11.6 Å². The summed E-state index contributed by atoms with van der Waals surface area (Å²) < 4.78 is 24.9. The van der Waals surface area contributed by atoms with Crippen molar-refractivity contribution >= 4 is 38.9 Å². The molecule has 2 rings (SSSR count). The van der Waals surface area contributed by atoms with Crippen LogP contribution < -0.4 is 10.0 Å². The molecule has 2 aromatic rings. The Bertz CT molecular complexity index is 778. The molecule has 1 aromatic carbocycles. The van der Waals surface area contributed by atoms with Gasteiger partial charge in [0.05, 0.1) is 17.6 Å². The van der Waals surface area contributed by atoms with Crippen LogP contribution in [0.4, 0.5) is 11.4 Å². The Morgan fingerprint density at radius 1 is 1.19 bits per heavy atom. The van der Waals surface area contributed by atoms with Crippen LogP contribution in [0.5, 0.6) is 0 Å². The Balaban J connectivity index is 2.26. The van der Waals surface area contributed by atoms with Crippen LogP contribution in [0.15, 0.2) is 42.6 Å². The second-order valence-electron chi connectivity index (χ2n) is 4.24. The molecule has 6 nitrogen and oxygen atoms in total. The highest BCUT2D eigenvalue weighted by atomic mass is 35.5. The van der Waals surface area contributed by atoms with E-state index in [9.17, 15) is 13.2 Å². The Kier molecular flexibility index (Phi) is 4.44. The van der Waals surface area contributed by atoms with E-state index in [0.717, 1.165) is 6.26 Å². The largest absolute Gasteiger partial charge is 0.320 e. The molecule has 1 heterocycles. The third kappa shape index (κ3) is 4.44. The number of carbonyl (C=O) groups is 1. The number of hydrogen-bond donors (Lipinski definition) is 2. The topological polar surface area (TPSA) is 88.2 Å². The molecule has 0 saturated heterocycles. The van der Waals surface area contributed by atoms with Crippen molar-refractivity contribution < 1.29 is 13.2 Å². The van der Waals surface area contributed by atoms with Crippen molar-refractivity contribution in [1.82, 2.24) is 4.98 Å². The fourth-order valence-corrected chi connectivity index (χ4v) is 2.37. The number of anilines is 2. The van der Waals surface area contributed by atoms with Crippen LogP contribution in [0.1, 0.15) is 10.4 Å². The molecule has 110 valence electrons. The molecule has 0 aliphatic rings. The van der Waals surface area contributed by atoms with Crippen molar-refractivity contribution in [1.29, 1.82) is 0 Å². The van der Waals surface area contributed by atoms with E-state index in [2.05, 4.69) is 15.0 Å². The predicted molar refractivity (Wildman–Crippen MR) is 82.1 cm³/mol. The van der Waals surface area contributed by atoms with Gasteiger partial charge in [0.15, 0.2) is 0 Å². The van der Waals surface area contributed by atoms with E-state index in [4.69, 9.17) is 11.6 Å². The molecule has 1 amide bonds. The highest BCUT2D eigenvalue weighted by Gasteiger charge is 2.11. The lowest BCUT2D eigenvalue weighted by atomic mass is 10.2. The van der Waals surface area contributed by atoms with Gasteiger partial charge in [-0.15, -0.1) is 0 Å². The van der Waals surface area contributed by atoms with Crippen LogP contribution in [0, 0.1) is 0 Å². The quantitative estimate of drug-likeness (QED) is 0.845. The van der Waals surface area contributed by atoms with Gasteiger partial charge in [0.1, 0.15) is 5.15 Å². The first-order chi connectivity index (χ1) is 9.85. The van der Waals surface area contributed by atoms with Crippen LogP contribution in [0.3, 0.4) is 0 Å². The molecule has 0 saturated carbocycles. The van der Waals surface area contributed by atoms with E-state index in [-0.39, 0.29) is 10.8 Å². The minimum absolute atomic E-state index is 0.199. The third-order valence-corrected chi connectivity index (χ3v) is 3.26. The molecule has 0 fully saturated rings. The predicted octanol–water partition coefficient (Wildman–Crippen LogP) is 2.36. The minimum Gasteiger partial charge on any atom is -0.320 e. The van der Waals surface area contributed by atoms with Gasteiger partial charge in [0.2, 0.25) is 10.0 Å². The summed E-state index contributed by atoms with van der Waals surface area (Å²) in [5.74, 6) is -0.415. The summed E-state index contributed by atoms with van der Waals surface area (Å²) in [7, 11) is -3.44. The summed E-state index contributed by atoms with van der Waals surface area (Å²) in [6.07, 6.45) is 2.45. The van der Waals surface area contributed by atoms with Gasteiger partial charge in [-0.3, -0.25) is 9.52 Å². The smallest absolute Gasteiger partial charge is 0.255 e.